The molecule has 0 spiro atoms. The Kier molecular flexibility index (Phi) is 8.38. The topological polar surface area (TPSA) is 31.4 Å². The summed E-state index contributed by atoms with van der Waals surface area (Å²) in [4.78, 5) is 8.63. The number of nitrogens with one attached hydrogen (secondary N) is 1. The number of likely N-dealkylation sites (N-methyl/N-ethyl adjacent to an activating group) is 1. The van der Waals surface area contributed by atoms with E-state index >= 15 is 0 Å². The second-order valence-corrected chi connectivity index (χ2v) is 5.32. The third kappa shape index (κ3) is 8.70. The minimum absolute atomic E-state index is 1.07. The van der Waals surface area contributed by atoms with Crippen molar-refractivity contribution >= 4 is 0 Å². The summed E-state index contributed by atoms with van der Waals surface area (Å²) < 4.78 is 0. The molecule has 0 atom stereocenters. The van der Waals surface area contributed by atoms with Crippen LogP contribution in [0.1, 0.15) is 12.0 Å². The predicted octanol–water partition coefficient (Wildman–Crippen LogP) is 1.10. The Morgan fingerprint density at radius 2 is 1.74 bits per heavy atom. The largest absolute Gasteiger partial charge is 0.315 e. The van der Waals surface area contributed by atoms with Gasteiger partial charge < -0.3 is 15.1 Å². The lowest BCUT2D eigenvalue weighted by Gasteiger charge is -2.17. The van der Waals surface area contributed by atoms with E-state index in [4.69, 9.17) is 0 Å². The van der Waals surface area contributed by atoms with Crippen molar-refractivity contribution in [3.8, 4) is 0 Å². The third-order valence-corrected chi connectivity index (χ3v) is 3.16. The van der Waals surface area contributed by atoms with Crippen LogP contribution in [0.15, 0.2) is 24.5 Å². The molecule has 0 amide bonds. The first-order chi connectivity index (χ1) is 9.18. The number of hydrogen-bond donors (Lipinski definition) is 1. The van der Waals surface area contributed by atoms with Gasteiger partial charge in [0.2, 0.25) is 0 Å². The molecule has 0 radical (unpaired) electrons. The molecule has 0 aromatic carbocycles. The highest BCUT2D eigenvalue weighted by atomic mass is 15.1. The van der Waals surface area contributed by atoms with Crippen molar-refractivity contribution in [3.63, 3.8) is 0 Å². The van der Waals surface area contributed by atoms with E-state index in [1.165, 1.54) is 12.0 Å². The molecule has 108 valence electrons. The van der Waals surface area contributed by atoms with E-state index in [0.29, 0.717) is 0 Å². The van der Waals surface area contributed by atoms with Crippen molar-refractivity contribution in [1.29, 1.82) is 0 Å². The maximum atomic E-state index is 4.04. The molecule has 1 aromatic rings. The van der Waals surface area contributed by atoms with Crippen molar-refractivity contribution in [2.24, 2.45) is 0 Å². The third-order valence-electron chi connectivity index (χ3n) is 3.16. The van der Waals surface area contributed by atoms with Gasteiger partial charge in [-0.3, -0.25) is 4.98 Å². The van der Waals surface area contributed by atoms with E-state index in [1.54, 1.807) is 0 Å². The zero-order chi connectivity index (χ0) is 13.9. The van der Waals surface area contributed by atoms with Crippen molar-refractivity contribution in [2.45, 2.75) is 12.8 Å². The second-order valence-electron chi connectivity index (χ2n) is 5.32. The van der Waals surface area contributed by atoms with Gasteiger partial charge in [0, 0.05) is 32.0 Å². The van der Waals surface area contributed by atoms with Crippen LogP contribution in [-0.4, -0.2) is 68.7 Å². The molecule has 1 N–H and O–H groups in total. The summed E-state index contributed by atoms with van der Waals surface area (Å²) in [6.07, 6.45) is 6.04. The quantitative estimate of drug-likeness (QED) is 0.641. The molecule has 0 fully saturated rings. The standard InChI is InChI=1S/C15H28N4/c1-18(2)12-4-8-16-11-14-19(3)13-7-15-5-9-17-10-6-15/h5-6,9-10,16H,4,7-8,11-14H2,1-3H3. The highest BCUT2D eigenvalue weighted by molar-refractivity contribution is 5.09. The summed E-state index contributed by atoms with van der Waals surface area (Å²) in [7, 11) is 6.42. The summed E-state index contributed by atoms with van der Waals surface area (Å²) in [5, 5.41) is 3.49. The lowest BCUT2D eigenvalue weighted by atomic mass is 10.2. The van der Waals surface area contributed by atoms with Crippen LogP contribution in [-0.2, 0) is 6.42 Å². The van der Waals surface area contributed by atoms with Gasteiger partial charge in [-0.25, -0.2) is 0 Å². The normalized spacial score (nSPS) is 11.4. The number of hydrogen-bond acceptors (Lipinski definition) is 4. The molecule has 1 rings (SSSR count). The number of rotatable bonds is 10. The van der Waals surface area contributed by atoms with Gasteiger partial charge in [-0.2, -0.15) is 0 Å². The first-order valence-corrected chi connectivity index (χ1v) is 7.11. The van der Waals surface area contributed by atoms with E-state index in [9.17, 15) is 0 Å². The predicted molar refractivity (Wildman–Crippen MR) is 81.5 cm³/mol. The zero-order valence-corrected chi connectivity index (χ0v) is 12.6. The van der Waals surface area contributed by atoms with Crippen LogP contribution >= 0.6 is 0 Å². The Morgan fingerprint density at radius 1 is 1.00 bits per heavy atom. The van der Waals surface area contributed by atoms with Crippen molar-refractivity contribution < 1.29 is 0 Å². The molecular weight excluding hydrogens is 236 g/mol. The second kappa shape index (κ2) is 9.89. The lowest BCUT2D eigenvalue weighted by Crippen LogP contribution is -2.31. The first kappa shape index (κ1) is 16.1. The van der Waals surface area contributed by atoms with E-state index < -0.39 is 0 Å². The monoisotopic (exact) mass is 264 g/mol. The Morgan fingerprint density at radius 3 is 2.42 bits per heavy atom. The van der Waals surface area contributed by atoms with Gasteiger partial charge in [-0.1, -0.05) is 0 Å². The molecule has 0 aliphatic heterocycles. The average Bonchev–Trinajstić information content (AvgIpc) is 2.41. The van der Waals surface area contributed by atoms with Crippen LogP contribution in [0.2, 0.25) is 0 Å². The van der Waals surface area contributed by atoms with Gasteiger partial charge in [-0.05, 0) is 64.8 Å². The average molecular weight is 264 g/mol. The Balaban J connectivity index is 1.98. The van der Waals surface area contributed by atoms with Gasteiger partial charge in [0.15, 0.2) is 0 Å². The molecule has 0 aliphatic rings. The summed E-state index contributed by atoms with van der Waals surface area (Å²) in [5.74, 6) is 0. The molecule has 1 aromatic heterocycles. The maximum Gasteiger partial charge on any atom is 0.0270 e. The molecule has 19 heavy (non-hydrogen) atoms. The van der Waals surface area contributed by atoms with Crippen molar-refractivity contribution in [1.82, 2.24) is 20.1 Å². The summed E-state index contributed by atoms with van der Waals surface area (Å²) in [6, 6.07) is 4.18. The fourth-order valence-corrected chi connectivity index (χ4v) is 1.90. The Bertz CT molecular complexity index is 313. The molecule has 1 heterocycles. The van der Waals surface area contributed by atoms with Crippen LogP contribution in [0.4, 0.5) is 0 Å². The zero-order valence-electron chi connectivity index (χ0n) is 12.6. The molecule has 4 nitrogen and oxygen atoms in total. The van der Waals surface area contributed by atoms with E-state index in [1.807, 2.05) is 12.4 Å². The van der Waals surface area contributed by atoms with Gasteiger partial charge >= 0.3 is 0 Å². The number of aromatic nitrogens is 1. The highest BCUT2D eigenvalue weighted by Crippen LogP contribution is 1.98. The van der Waals surface area contributed by atoms with Crippen molar-refractivity contribution in [3.05, 3.63) is 30.1 Å². The Labute approximate surface area is 117 Å². The molecule has 0 saturated carbocycles. The van der Waals surface area contributed by atoms with Crippen LogP contribution < -0.4 is 5.32 Å². The van der Waals surface area contributed by atoms with E-state index in [-0.39, 0.29) is 0 Å². The SMILES string of the molecule is CN(C)CCCNCCN(C)CCc1ccncc1. The fourth-order valence-electron chi connectivity index (χ4n) is 1.90. The molecule has 0 bridgehead atoms. The van der Waals surface area contributed by atoms with Gasteiger partial charge in [0.05, 0.1) is 0 Å². The molecule has 0 aliphatic carbocycles. The summed E-state index contributed by atoms with van der Waals surface area (Å²) >= 11 is 0. The minimum Gasteiger partial charge on any atom is -0.315 e. The lowest BCUT2D eigenvalue weighted by molar-refractivity contribution is 0.332. The minimum atomic E-state index is 1.07. The van der Waals surface area contributed by atoms with E-state index in [2.05, 4.69) is 53.4 Å². The molecular formula is C15H28N4. The number of pyridine rings is 1. The highest BCUT2D eigenvalue weighted by Gasteiger charge is 1.99. The van der Waals surface area contributed by atoms with Gasteiger partial charge in [0.1, 0.15) is 0 Å². The summed E-state index contributed by atoms with van der Waals surface area (Å²) in [6.45, 7) is 5.54. The number of nitrogens with zero attached hydrogens (tertiary/aromatic N) is 3. The van der Waals surface area contributed by atoms with Gasteiger partial charge in [0.25, 0.3) is 0 Å². The van der Waals surface area contributed by atoms with Crippen LogP contribution in [0, 0.1) is 0 Å². The summed E-state index contributed by atoms with van der Waals surface area (Å²) in [5.41, 5.74) is 1.36. The molecule has 0 saturated heterocycles. The van der Waals surface area contributed by atoms with Gasteiger partial charge in [-0.15, -0.1) is 0 Å². The van der Waals surface area contributed by atoms with E-state index in [0.717, 1.165) is 39.1 Å². The molecule has 4 heteroatoms. The smallest absolute Gasteiger partial charge is 0.0270 e. The van der Waals surface area contributed by atoms with Crippen LogP contribution in [0.5, 0.6) is 0 Å². The first-order valence-electron chi connectivity index (χ1n) is 7.11. The van der Waals surface area contributed by atoms with Crippen LogP contribution in [0.3, 0.4) is 0 Å². The maximum absolute atomic E-state index is 4.04. The fraction of sp³-hybridized carbons (Fsp3) is 0.667. The van der Waals surface area contributed by atoms with Crippen molar-refractivity contribution in [2.75, 3.05) is 53.9 Å². The Hall–Kier alpha value is -0.970. The van der Waals surface area contributed by atoms with Crippen LogP contribution in [0.25, 0.3) is 0 Å². The molecule has 0 unspecified atom stereocenters.